The number of hydrogen-bond donors (Lipinski definition) is 0. The lowest BCUT2D eigenvalue weighted by Crippen LogP contribution is -2.41. The van der Waals surface area contributed by atoms with Crippen molar-refractivity contribution in [3.05, 3.63) is 29.8 Å². The van der Waals surface area contributed by atoms with Crippen LogP contribution in [0.15, 0.2) is 24.3 Å². The molecule has 1 aromatic carbocycles. The van der Waals surface area contributed by atoms with E-state index in [1.807, 2.05) is 12.1 Å². The van der Waals surface area contributed by atoms with Gasteiger partial charge in [0.15, 0.2) is 0 Å². The van der Waals surface area contributed by atoms with Crippen LogP contribution in [0.2, 0.25) is 0 Å². The summed E-state index contributed by atoms with van der Waals surface area (Å²) in [7, 11) is 2.27. The van der Waals surface area contributed by atoms with Crippen LogP contribution in [0.1, 0.15) is 23.2 Å². The van der Waals surface area contributed by atoms with Crippen LogP contribution >= 0.6 is 0 Å². The molecular formula is C12H16NO+. The van der Waals surface area contributed by atoms with Gasteiger partial charge in [0.25, 0.3) is 0 Å². The zero-order valence-electron chi connectivity index (χ0n) is 8.57. The molecule has 2 heteroatoms. The summed E-state index contributed by atoms with van der Waals surface area (Å²) < 4.78 is 1.03. The van der Waals surface area contributed by atoms with Gasteiger partial charge in [-0.15, -0.1) is 0 Å². The molecule has 1 fully saturated rings. The van der Waals surface area contributed by atoms with Crippen LogP contribution < -0.4 is 4.48 Å². The molecule has 1 aromatic rings. The number of carbonyl (C=O) groups excluding carboxylic acids is 1. The summed E-state index contributed by atoms with van der Waals surface area (Å²) in [6.45, 7) is 2.45. The molecule has 1 heterocycles. The standard InChI is InChI=1S/C12H16NO/c1-13(8-2-3-9-13)12-6-4-11(10-14)5-7-12/h4-7,10H,2-3,8-9H2,1H3/q+1. The van der Waals surface area contributed by atoms with Gasteiger partial charge in [-0.1, -0.05) is 0 Å². The van der Waals surface area contributed by atoms with Gasteiger partial charge in [0.05, 0.1) is 20.1 Å². The largest absolute Gasteiger partial charge is 0.298 e. The summed E-state index contributed by atoms with van der Waals surface area (Å²) in [6, 6.07) is 7.97. The van der Waals surface area contributed by atoms with E-state index in [2.05, 4.69) is 19.2 Å². The summed E-state index contributed by atoms with van der Waals surface area (Å²) in [5.41, 5.74) is 2.09. The molecule has 0 aromatic heterocycles. The highest BCUT2D eigenvalue weighted by atomic mass is 16.1. The first kappa shape index (κ1) is 9.41. The van der Waals surface area contributed by atoms with E-state index >= 15 is 0 Å². The Labute approximate surface area is 84.7 Å². The molecular weight excluding hydrogens is 174 g/mol. The van der Waals surface area contributed by atoms with E-state index in [9.17, 15) is 4.79 Å². The molecule has 0 spiro atoms. The molecule has 14 heavy (non-hydrogen) atoms. The van der Waals surface area contributed by atoms with Gasteiger partial charge in [0.1, 0.15) is 12.0 Å². The summed E-state index contributed by atoms with van der Waals surface area (Å²) >= 11 is 0. The molecule has 1 aliphatic heterocycles. The Morgan fingerprint density at radius 3 is 2.21 bits per heavy atom. The lowest BCUT2D eigenvalue weighted by atomic mass is 10.2. The molecule has 0 atom stereocenters. The molecule has 0 N–H and O–H groups in total. The first-order valence-electron chi connectivity index (χ1n) is 5.15. The Morgan fingerprint density at radius 1 is 1.14 bits per heavy atom. The predicted octanol–water partition coefficient (Wildman–Crippen LogP) is 2.23. The monoisotopic (exact) mass is 190 g/mol. The number of benzene rings is 1. The molecule has 74 valence electrons. The lowest BCUT2D eigenvalue weighted by molar-refractivity contribution is 0.112. The second kappa shape index (κ2) is 3.54. The van der Waals surface area contributed by atoms with Gasteiger partial charge in [-0.05, 0) is 24.3 Å². The second-order valence-electron chi connectivity index (χ2n) is 4.26. The number of nitrogens with zero attached hydrogens (tertiary/aromatic N) is 1. The molecule has 0 saturated carbocycles. The third-order valence-corrected chi connectivity index (χ3v) is 3.21. The molecule has 0 amide bonds. The SMILES string of the molecule is C[N+]1(c2ccc(C=O)cc2)CCCC1. The van der Waals surface area contributed by atoms with Crippen LogP contribution in [0, 0.1) is 0 Å². The van der Waals surface area contributed by atoms with Crippen molar-refractivity contribution in [1.82, 2.24) is 4.48 Å². The van der Waals surface area contributed by atoms with Crippen molar-refractivity contribution in [3.8, 4) is 0 Å². The average molecular weight is 190 g/mol. The number of quaternary nitrogens is 1. The van der Waals surface area contributed by atoms with Crippen LogP contribution in [0.4, 0.5) is 5.69 Å². The van der Waals surface area contributed by atoms with E-state index in [0.717, 1.165) is 16.3 Å². The highest BCUT2D eigenvalue weighted by Crippen LogP contribution is 2.26. The van der Waals surface area contributed by atoms with E-state index in [0.29, 0.717) is 0 Å². The van der Waals surface area contributed by atoms with Crippen molar-refractivity contribution in [2.75, 3.05) is 20.1 Å². The minimum Gasteiger partial charge on any atom is -0.298 e. The van der Waals surface area contributed by atoms with E-state index in [-0.39, 0.29) is 0 Å². The molecule has 0 unspecified atom stereocenters. The Kier molecular flexibility index (Phi) is 2.38. The number of likely N-dealkylation sites (tertiary alicyclic amines) is 1. The molecule has 0 aliphatic carbocycles. The fourth-order valence-corrected chi connectivity index (χ4v) is 2.20. The third-order valence-electron chi connectivity index (χ3n) is 3.21. The smallest absolute Gasteiger partial charge is 0.150 e. The number of rotatable bonds is 2. The maximum Gasteiger partial charge on any atom is 0.150 e. The Balaban J connectivity index is 2.27. The number of aldehydes is 1. The van der Waals surface area contributed by atoms with Crippen LogP contribution in [-0.2, 0) is 0 Å². The fraction of sp³-hybridized carbons (Fsp3) is 0.417. The number of hydrogen-bond acceptors (Lipinski definition) is 1. The summed E-state index contributed by atoms with van der Waals surface area (Å²) in [4.78, 5) is 10.5. The quantitative estimate of drug-likeness (QED) is 0.516. The van der Waals surface area contributed by atoms with E-state index in [1.54, 1.807) is 0 Å². The fourth-order valence-electron chi connectivity index (χ4n) is 2.20. The molecule has 0 bridgehead atoms. The lowest BCUT2D eigenvalue weighted by Gasteiger charge is -2.28. The van der Waals surface area contributed by atoms with Crippen molar-refractivity contribution >= 4 is 12.0 Å². The topological polar surface area (TPSA) is 17.1 Å². The number of carbonyl (C=O) groups is 1. The zero-order valence-corrected chi connectivity index (χ0v) is 8.57. The van der Waals surface area contributed by atoms with Gasteiger partial charge in [-0.25, -0.2) is 0 Å². The van der Waals surface area contributed by atoms with Gasteiger partial charge in [0.2, 0.25) is 0 Å². The van der Waals surface area contributed by atoms with Crippen LogP contribution in [-0.4, -0.2) is 26.4 Å². The van der Waals surface area contributed by atoms with E-state index in [4.69, 9.17) is 0 Å². The zero-order chi connectivity index (χ0) is 10.0. The first-order valence-corrected chi connectivity index (χ1v) is 5.15. The molecule has 1 saturated heterocycles. The Morgan fingerprint density at radius 2 is 1.71 bits per heavy atom. The third kappa shape index (κ3) is 1.58. The van der Waals surface area contributed by atoms with Crippen LogP contribution in [0.3, 0.4) is 0 Å². The Bertz CT molecular complexity index is 323. The van der Waals surface area contributed by atoms with Crippen LogP contribution in [0.5, 0.6) is 0 Å². The summed E-state index contributed by atoms with van der Waals surface area (Å²) in [6.07, 6.45) is 3.52. The maximum atomic E-state index is 10.5. The molecule has 1 aliphatic rings. The van der Waals surface area contributed by atoms with Gasteiger partial charge < -0.3 is 0 Å². The summed E-state index contributed by atoms with van der Waals surface area (Å²) in [5.74, 6) is 0. The first-order chi connectivity index (χ1) is 6.74. The average Bonchev–Trinajstić information content (AvgIpc) is 2.67. The van der Waals surface area contributed by atoms with E-state index < -0.39 is 0 Å². The maximum absolute atomic E-state index is 10.5. The normalized spacial score (nSPS) is 19.5. The second-order valence-corrected chi connectivity index (χ2v) is 4.26. The van der Waals surface area contributed by atoms with Crippen LogP contribution in [0.25, 0.3) is 0 Å². The van der Waals surface area contributed by atoms with Crippen molar-refractivity contribution in [2.24, 2.45) is 0 Å². The van der Waals surface area contributed by atoms with Gasteiger partial charge in [-0.3, -0.25) is 9.28 Å². The summed E-state index contributed by atoms with van der Waals surface area (Å²) in [5, 5.41) is 0. The van der Waals surface area contributed by atoms with Gasteiger partial charge in [-0.2, -0.15) is 0 Å². The minimum atomic E-state index is 0.763. The minimum absolute atomic E-state index is 0.763. The van der Waals surface area contributed by atoms with Crippen molar-refractivity contribution in [2.45, 2.75) is 12.8 Å². The van der Waals surface area contributed by atoms with Crippen molar-refractivity contribution < 1.29 is 4.79 Å². The molecule has 2 rings (SSSR count). The molecule has 2 nitrogen and oxygen atoms in total. The molecule has 0 radical (unpaired) electrons. The predicted molar refractivity (Wildman–Crippen MR) is 58.5 cm³/mol. The Hall–Kier alpha value is -1.15. The van der Waals surface area contributed by atoms with Gasteiger partial charge in [0, 0.05) is 18.4 Å². The van der Waals surface area contributed by atoms with Gasteiger partial charge >= 0.3 is 0 Å². The van der Waals surface area contributed by atoms with Crippen molar-refractivity contribution in [1.29, 1.82) is 0 Å². The van der Waals surface area contributed by atoms with Crippen molar-refractivity contribution in [3.63, 3.8) is 0 Å². The highest BCUT2D eigenvalue weighted by Gasteiger charge is 2.28. The highest BCUT2D eigenvalue weighted by molar-refractivity contribution is 5.75. The van der Waals surface area contributed by atoms with E-state index in [1.165, 1.54) is 31.6 Å².